The normalized spacial score (nSPS) is 15.4. The molecule has 0 radical (unpaired) electrons. The highest BCUT2D eigenvalue weighted by Gasteiger charge is 2.21. The average molecular weight is 368 g/mol. The molecular formula is C18H28N2O4S. The Kier molecular flexibility index (Phi) is 10.1. The Morgan fingerprint density at radius 3 is 2.32 bits per heavy atom. The van der Waals surface area contributed by atoms with Crippen LogP contribution in [0.4, 0.5) is 0 Å². The van der Waals surface area contributed by atoms with Crippen LogP contribution in [0.3, 0.4) is 0 Å². The van der Waals surface area contributed by atoms with Crippen molar-refractivity contribution < 1.29 is 19.8 Å². The van der Waals surface area contributed by atoms with E-state index in [-0.39, 0.29) is 0 Å². The van der Waals surface area contributed by atoms with Gasteiger partial charge in [0.15, 0.2) is 0 Å². The smallest absolute Gasteiger partial charge is 0.328 e. The summed E-state index contributed by atoms with van der Waals surface area (Å²) >= 11 is 1.81. The topological polar surface area (TPSA) is 89.9 Å². The molecule has 0 amide bonds. The van der Waals surface area contributed by atoms with Gasteiger partial charge in [-0.15, -0.1) is 0 Å². The van der Waals surface area contributed by atoms with E-state index in [1.54, 1.807) is 0 Å². The van der Waals surface area contributed by atoms with Gasteiger partial charge in [0.25, 0.3) is 0 Å². The summed E-state index contributed by atoms with van der Waals surface area (Å²) < 4.78 is 0. The Bertz CT molecular complexity index is 521. The fraction of sp³-hybridized carbons (Fsp3) is 0.556. The van der Waals surface area contributed by atoms with E-state index in [9.17, 15) is 9.59 Å². The van der Waals surface area contributed by atoms with E-state index >= 15 is 0 Å². The van der Waals surface area contributed by atoms with Crippen LogP contribution in [0.15, 0.2) is 29.0 Å². The van der Waals surface area contributed by atoms with Crippen molar-refractivity contribution in [3.8, 4) is 0 Å². The van der Waals surface area contributed by atoms with Crippen LogP contribution in [0.5, 0.6) is 0 Å². The molecule has 0 spiro atoms. The molecule has 2 heterocycles. The molecule has 0 atom stereocenters. The Morgan fingerprint density at radius 1 is 1.28 bits per heavy atom. The zero-order chi connectivity index (χ0) is 18.7. The number of carboxylic acid groups (broad SMARTS) is 2. The van der Waals surface area contributed by atoms with Crippen LogP contribution >= 0.6 is 11.3 Å². The van der Waals surface area contributed by atoms with Crippen LogP contribution in [-0.2, 0) is 16.1 Å². The van der Waals surface area contributed by atoms with Crippen LogP contribution in [0.1, 0.15) is 32.3 Å². The van der Waals surface area contributed by atoms with Gasteiger partial charge in [-0.25, -0.2) is 9.59 Å². The number of thiophene rings is 1. The van der Waals surface area contributed by atoms with Crippen molar-refractivity contribution in [3.63, 3.8) is 0 Å². The van der Waals surface area contributed by atoms with Gasteiger partial charge in [-0.1, -0.05) is 13.8 Å². The predicted octanol–water partition coefficient (Wildman–Crippen LogP) is 2.67. The Hall–Kier alpha value is -1.70. The van der Waals surface area contributed by atoms with E-state index in [4.69, 9.17) is 10.2 Å². The van der Waals surface area contributed by atoms with Gasteiger partial charge in [0, 0.05) is 31.3 Å². The second-order valence-corrected chi connectivity index (χ2v) is 7.23. The van der Waals surface area contributed by atoms with Crippen LogP contribution in [-0.4, -0.2) is 52.7 Å². The highest BCUT2D eigenvalue weighted by Crippen LogP contribution is 2.18. The number of carbonyl (C=O) groups is 2. The molecule has 1 aromatic heterocycles. The summed E-state index contributed by atoms with van der Waals surface area (Å²) in [5.41, 5.74) is 1.48. The third kappa shape index (κ3) is 10.0. The third-order valence-corrected chi connectivity index (χ3v) is 4.49. The molecule has 1 aromatic rings. The zero-order valence-corrected chi connectivity index (χ0v) is 15.7. The number of hydrogen-bond acceptors (Lipinski definition) is 5. The van der Waals surface area contributed by atoms with Crippen molar-refractivity contribution in [1.82, 2.24) is 10.2 Å². The van der Waals surface area contributed by atoms with Crippen LogP contribution in [0.25, 0.3) is 0 Å². The maximum atomic E-state index is 9.55. The number of rotatable bonds is 7. The lowest BCUT2D eigenvalue weighted by Gasteiger charge is -2.35. The Morgan fingerprint density at radius 2 is 1.88 bits per heavy atom. The first-order valence-electron chi connectivity index (χ1n) is 8.48. The quantitative estimate of drug-likeness (QED) is 0.641. The lowest BCUT2D eigenvalue weighted by atomic mass is 10.0. The van der Waals surface area contributed by atoms with Gasteiger partial charge >= 0.3 is 11.9 Å². The van der Waals surface area contributed by atoms with E-state index < -0.39 is 11.9 Å². The van der Waals surface area contributed by atoms with Crippen molar-refractivity contribution in [2.45, 2.75) is 39.3 Å². The minimum Gasteiger partial charge on any atom is -0.478 e. The molecule has 3 N–H and O–H groups in total. The van der Waals surface area contributed by atoms with E-state index in [0.717, 1.165) is 18.5 Å². The van der Waals surface area contributed by atoms with Crippen LogP contribution < -0.4 is 5.32 Å². The number of nitrogens with one attached hydrogen (secondary N) is 1. The highest BCUT2D eigenvalue weighted by molar-refractivity contribution is 7.07. The summed E-state index contributed by atoms with van der Waals surface area (Å²) in [6.07, 6.45) is 3.72. The van der Waals surface area contributed by atoms with Gasteiger partial charge < -0.3 is 15.5 Å². The molecule has 0 aromatic carbocycles. The second kappa shape index (κ2) is 11.8. The molecule has 1 aliphatic rings. The van der Waals surface area contributed by atoms with Gasteiger partial charge in [0.2, 0.25) is 0 Å². The average Bonchev–Trinajstić information content (AvgIpc) is 3.06. The summed E-state index contributed by atoms with van der Waals surface area (Å²) in [5, 5.41) is 23.6. The van der Waals surface area contributed by atoms with Crippen molar-refractivity contribution >= 4 is 23.3 Å². The minimum atomic E-state index is -1.26. The van der Waals surface area contributed by atoms with Gasteiger partial charge in [0.1, 0.15) is 0 Å². The van der Waals surface area contributed by atoms with Gasteiger partial charge in [-0.2, -0.15) is 11.3 Å². The number of hydrogen-bond donors (Lipinski definition) is 3. The molecule has 7 heteroatoms. The molecule has 25 heavy (non-hydrogen) atoms. The maximum absolute atomic E-state index is 9.55. The van der Waals surface area contributed by atoms with Gasteiger partial charge in [0.05, 0.1) is 0 Å². The first-order valence-corrected chi connectivity index (χ1v) is 9.42. The Balaban J connectivity index is 0.000000333. The molecule has 0 saturated carbocycles. The minimum absolute atomic E-state index is 0.558. The van der Waals surface area contributed by atoms with Crippen molar-refractivity contribution in [2.75, 3.05) is 19.6 Å². The van der Waals surface area contributed by atoms with Crippen molar-refractivity contribution in [2.24, 2.45) is 5.92 Å². The maximum Gasteiger partial charge on any atom is 0.328 e. The number of nitrogens with zero attached hydrogens (tertiary/aromatic N) is 1. The lowest BCUT2D eigenvalue weighted by molar-refractivity contribution is -0.134. The highest BCUT2D eigenvalue weighted by atomic mass is 32.1. The first-order chi connectivity index (χ1) is 11.9. The summed E-state index contributed by atoms with van der Waals surface area (Å²) in [7, 11) is 0. The van der Waals surface area contributed by atoms with Crippen molar-refractivity contribution in [3.05, 3.63) is 34.5 Å². The molecule has 6 nitrogen and oxygen atoms in total. The lowest BCUT2D eigenvalue weighted by Crippen LogP contribution is -2.44. The molecule has 1 aliphatic heterocycles. The summed E-state index contributed by atoms with van der Waals surface area (Å²) in [4.78, 5) is 21.8. The predicted molar refractivity (Wildman–Crippen MR) is 99.9 cm³/mol. The van der Waals surface area contributed by atoms with E-state index in [1.807, 2.05) is 11.3 Å². The zero-order valence-electron chi connectivity index (χ0n) is 14.9. The molecule has 1 fully saturated rings. The van der Waals surface area contributed by atoms with Crippen LogP contribution in [0, 0.1) is 5.92 Å². The summed E-state index contributed by atoms with van der Waals surface area (Å²) in [6.45, 7) is 9.36. The monoisotopic (exact) mass is 368 g/mol. The molecule has 0 unspecified atom stereocenters. The standard InChI is InChI=1S/C14H24N2S.C4H4O4/c1-12(2)9-16(10-13-5-8-17-11-13)14-3-6-15-7-4-14;5-3(6)1-2-4(7)8/h5,8,11-12,14-15H,3-4,6-7,9-10H2,1-2H3;1-2H,(H,5,6)(H,7,8)/b;2-1+. The van der Waals surface area contributed by atoms with E-state index in [2.05, 4.69) is 40.9 Å². The van der Waals surface area contributed by atoms with Crippen molar-refractivity contribution in [1.29, 1.82) is 0 Å². The van der Waals surface area contributed by atoms with Gasteiger partial charge in [-0.3, -0.25) is 4.90 Å². The number of carboxylic acids is 2. The summed E-state index contributed by atoms with van der Waals surface area (Å²) in [5.74, 6) is -1.76. The molecule has 1 saturated heterocycles. The fourth-order valence-electron chi connectivity index (χ4n) is 2.74. The molecule has 0 bridgehead atoms. The second-order valence-electron chi connectivity index (χ2n) is 6.45. The molecule has 0 aliphatic carbocycles. The number of aliphatic carboxylic acids is 2. The summed E-state index contributed by atoms with van der Waals surface area (Å²) in [6, 6.07) is 3.04. The van der Waals surface area contributed by atoms with E-state index in [1.165, 1.54) is 38.0 Å². The first kappa shape index (κ1) is 21.3. The molecular weight excluding hydrogens is 340 g/mol. The van der Waals surface area contributed by atoms with E-state index in [0.29, 0.717) is 12.2 Å². The molecule has 2 rings (SSSR count). The Labute approximate surface area is 153 Å². The van der Waals surface area contributed by atoms with Gasteiger partial charge in [-0.05, 0) is 54.2 Å². The number of piperidine rings is 1. The third-order valence-electron chi connectivity index (χ3n) is 3.76. The fourth-order valence-corrected chi connectivity index (χ4v) is 3.40. The molecule has 140 valence electrons. The van der Waals surface area contributed by atoms with Crippen LogP contribution in [0.2, 0.25) is 0 Å². The SMILES string of the molecule is CC(C)CN(Cc1ccsc1)C1CCNCC1.O=C(O)/C=C/C(=O)O. The largest absolute Gasteiger partial charge is 0.478 e.